The highest BCUT2D eigenvalue weighted by Crippen LogP contribution is 2.41. The molecule has 0 radical (unpaired) electrons. The topological polar surface area (TPSA) is 37.3 Å². The molecule has 2 rings (SSSR count). The van der Waals surface area contributed by atoms with Crippen molar-refractivity contribution >= 4 is 29.5 Å². The molecular weight excluding hydrogens is 420 g/mol. The summed E-state index contributed by atoms with van der Waals surface area (Å²) in [4.78, 5) is 10.9. The van der Waals surface area contributed by atoms with Crippen molar-refractivity contribution in [2.45, 2.75) is 75.7 Å². The number of thioether (sulfide) groups is 2. The van der Waals surface area contributed by atoms with Crippen molar-refractivity contribution < 1.29 is 9.90 Å². The molecule has 0 heterocycles. The smallest absolute Gasteiger partial charge is 0.304 e. The zero-order valence-electron chi connectivity index (χ0n) is 18.9. The third kappa shape index (κ3) is 11.2. The average Bonchev–Trinajstić information content (AvgIpc) is 2.79. The van der Waals surface area contributed by atoms with Gasteiger partial charge < -0.3 is 5.11 Å². The normalized spacial score (nSPS) is 12.0. The number of carbonyl (C=O) groups is 1. The van der Waals surface area contributed by atoms with Gasteiger partial charge in [0.05, 0.1) is 11.0 Å². The van der Waals surface area contributed by atoms with E-state index in [2.05, 4.69) is 61.5 Å². The highest BCUT2D eigenvalue weighted by atomic mass is 32.2. The summed E-state index contributed by atoms with van der Waals surface area (Å²) in [5, 5.41) is 8.99. The first-order valence-electron chi connectivity index (χ1n) is 11.8. The first-order valence-corrected chi connectivity index (χ1v) is 13.9. The van der Waals surface area contributed by atoms with Crippen molar-refractivity contribution in [2.75, 3.05) is 11.5 Å². The lowest BCUT2D eigenvalue weighted by Gasteiger charge is -2.20. The van der Waals surface area contributed by atoms with Crippen molar-refractivity contribution in [1.29, 1.82) is 0 Å². The maximum Gasteiger partial charge on any atom is 0.304 e. The van der Waals surface area contributed by atoms with Crippen LogP contribution in [0.4, 0.5) is 0 Å². The number of benzene rings is 2. The summed E-state index contributed by atoms with van der Waals surface area (Å²) in [6.45, 7) is 2.21. The van der Waals surface area contributed by atoms with Gasteiger partial charge in [0.2, 0.25) is 0 Å². The highest BCUT2D eigenvalue weighted by molar-refractivity contribution is 8.16. The van der Waals surface area contributed by atoms with E-state index < -0.39 is 5.97 Å². The van der Waals surface area contributed by atoms with Crippen LogP contribution < -0.4 is 0 Å². The molecule has 0 saturated heterocycles. The zero-order valence-corrected chi connectivity index (χ0v) is 20.6. The van der Waals surface area contributed by atoms with Crippen molar-refractivity contribution in [3.63, 3.8) is 0 Å². The number of aryl methyl sites for hydroxylation is 2. The largest absolute Gasteiger partial charge is 0.481 e. The molecule has 2 aromatic rings. The number of hydrogen-bond donors (Lipinski definition) is 1. The van der Waals surface area contributed by atoms with Crippen LogP contribution in [0.1, 0.15) is 79.6 Å². The van der Waals surface area contributed by atoms with Crippen LogP contribution in [-0.2, 0) is 17.6 Å². The van der Waals surface area contributed by atoms with Gasteiger partial charge in [-0.2, -0.15) is 0 Å². The number of carboxylic acids is 1. The van der Waals surface area contributed by atoms with Gasteiger partial charge in [-0.15, -0.1) is 23.5 Å². The van der Waals surface area contributed by atoms with E-state index in [-0.39, 0.29) is 6.42 Å². The molecule has 2 aromatic carbocycles. The van der Waals surface area contributed by atoms with Crippen LogP contribution in [0.2, 0.25) is 0 Å². The number of carboxylic acid groups (broad SMARTS) is 1. The summed E-state index contributed by atoms with van der Waals surface area (Å²) >= 11 is 3.75. The molecule has 0 amide bonds. The standard InChI is InChI=1S/C27H38O2S2/c1-2-21-30-27(31-22-20-26(28)29)25-19-13-12-18-24(25)17-11-6-4-3-5-8-14-23-15-9-7-10-16-23/h7,9-10,12-13,15-16,18-19,27H,2-6,8,11,14,17,20-22H2,1H3,(H,28,29). The molecule has 1 atom stereocenters. The molecule has 31 heavy (non-hydrogen) atoms. The number of hydrogen-bond acceptors (Lipinski definition) is 3. The van der Waals surface area contributed by atoms with Crippen LogP contribution in [0, 0.1) is 0 Å². The Hall–Kier alpha value is -1.39. The van der Waals surface area contributed by atoms with Crippen LogP contribution >= 0.6 is 23.5 Å². The summed E-state index contributed by atoms with van der Waals surface area (Å²) in [5.41, 5.74) is 4.30. The minimum atomic E-state index is -0.705. The zero-order chi connectivity index (χ0) is 22.2. The van der Waals surface area contributed by atoms with Gasteiger partial charge in [-0.1, -0.05) is 87.2 Å². The van der Waals surface area contributed by atoms with Gasteiger partial charge in [-0.05, 0) is 54.5 Å². The van der Waals surface area contributed by atoms with E-state index in [9.17, 15) is 4.79 Å². The molecule has 0 aliphatic heterocycles. The summed E-state index contributed by atoms with van der Waals surface area (Å²) < 4.78 is 0.341. The van der Waals surface area contributed by atoms with Gasteiger partial charge in [0.25, 0.3) is 0 Å². The molecule has 0 fully saturated rings. The SMILES string of the molecule is CCCSC(SCCC(=O)O)c1ccccc1CCCCCCCCc1ccccc1. The van der Waals surface area contributed by atoms with E-state index in [1.165, 1.54) is 61.6 Å². The Labute approximate surface area is 197 Å². The van der Waals surface area contributed by atoms with Crippen molar-refractivity contribution in [3.05, 3.63) is 71.3 Å². The quantitative estimate of drug-likeness (QED) is 0.192. The second kappa shape index (κ2) is 16.3. The molecule has 1 unspecified atom stereocenters. The molecular formula is C27H38O2S2. The van der Waals surface area contributed by atoms with E-state index in [1.807, 2.05) is 11.8 Å². The maximum absolute atomic E-state index is 10.9. The predicted octanol–water partition coefficient (Wildman–Crippen LogP) is 8.16. The third-order valence-electron chi connectivity index (χ3n) is 5.37. The average molecular weight is 459 g/mol. The molecule has 4 heteroatoms. The Morgan fingerprint density at radius 3 is 2.13 bits per heavy atom. The lowest BCUT2D eigenvalue weighted by molar-refractivity contribution is -0.136. The molecule has 0 bridgehead atoms. The summed E-state index contributed by atoms with van der Waals surface area (Å²) in [7, 11) is 0. The van der Waals surface area contributed by atoms with E-state index in [4.69, 9.17) is 5.11 Å². The fourth-order valence-corrected chi connectivity index (χ4v) is 6.43. The molecule has 0 aliphatic rings. The number of rotatable bonds is 17. The maximum atomic E-state index is 10.9. The highest BCUT2D eigenvalue weighted by Gasteiger charge is 2.16. The lowest BCUT2D eigenvalue weighted by Crippen LogP contribution is -2.02. The third-order valence-corrected chi connectivity index (χ3v) is 8.39. The predicted molar refractivity (Wildman–Crippen MR) is 138 cm³/mol. The Morgan fingerprint density at radius 1 is 0.806 bits per heavy atom. The summed E-state index contributed by atoms with van der Waals surface area (Å²) in [5.74, 6) is 1.08. The number of unbranched alkanes of at least 4 members (excludes halogenated alkanes) is 5. The van der Waals surface area contributed by atoms with Crippen LogP contribution in [0.15, 0.2) is 54.6 Å². The van der Waals surface area contributed by atoms with Crippen molar-refractivity contribution in [3.8, 4) is 0 Å². The van der Waals surface area contributed by atoms with Crippen LogP contribution in [0.25, 0.3) is 0 Å². The van der Waals surface area contributed by atoms with Crippen molar-refractivity contribution in [2.24, 2.45) is 0 Å². The fraction of sp³-hybridized carbons (Fsp3) is 0.519. The van der Waals surface area contributed by atoms with Crippen LogP contribution in [-0.4, -0.2) is 22.6 Å². The van der Waals surface area contributed by atoms with Crippen LogP contribution in [0.3, 0.4) is 0 Å². The Bertz CT molecular complexity index is 733. The van der Waals surface area contributed by atoms with Gasteiger partial charge in [0, 0.05) is 5.75 Å². The molecule has 0 aromatic heterocycles. The molecule has 170 valence electrons. The Balaban J connectivity index is 1.72. The molecule has 0 aliphatic carbocycles. The number of aliphatic carboxylic acids is 1. The molecule has 2 nitrogen and oxygen atoms in total. The van der Waals surface area contributed by atoms with E-state index >= 15 is 0 Å². The van der Waals surface area contributed by atoms with E-state index in [0.717, 1.165) is 18.6 Å². The van der Waals surface area contributed by atoms with Crippen LogP contribution in [0.5, 0.6) is 0 Å². The van der Waals surface area contributed by atoms with E-state index in [1.54, 1.807) is 11.8 Å². The fourth-order valence-electron chi connectivity index (χ4n) is 3.69. The Kier molecular flexibility index (Phi) is 13.6. The molecule has 0 spiro atoms. The van der Waals surface area contributed by atoms with Gasteiger partial charge >= 0.3 is 5.97 Å². The minimum Gasteiger partial charge on any atom is -0.481 e. The van der Waals surface area contributed by atoms with Gasteiger partial charge in [-0.3, -0.25) is 4.79 Å². The first kappa shape index (κ1) is 25.9. The monoisotopic (exact) mass is 458 g/mol. The second-order valence-corrected chi connectivity index (χ2v) is 10.7. The Morgan fingerprint density at radius 2 is 1.42 bits per heavy atom. The van der Waals surface area contributed by atoms with Gasteiger partial charge in [-0.25, -0.2) is 0 Å². The lowest BCUT2D eigenvalue weighted by atomic mass is 10.0. The molecule has 0 saturated carbocycles. The van der Waals surface area contributed by atoms with Gasteiger partial charge in [0.1, 0.15) is 0 Å². The van der Waals surface area contributed by atoms with E-state index in [0.29, 0.717) is 10.3 Å². The minimum absolute atomic E-state index is 0.236. The summed E-state index contributed by atoms with van der Waals surface area (Å²) in [6, 6.07) is 19.6. The first-order chi connectivity index (χ1) is 15.2. The summed E-state index contributed by atoms with van der Waals surface area (Å²) in [6.07, 6.45) is 11.5. The van der Waals surface area contributed by atoms with Crippen molar-refractivity contribution in [1.82, 2.24) is 0 Å². The van der Waals surface area contributed by atoms with Gasteiger partial charge in [0.15, 0.2) is 0 Å². The molecule has 1 N–H and O–H groups in total. The second-order valence-electron chi connectivity index (χ2n) is 8.02.